The first-order chi connectivity index (χ1) is 9.63. The number of hydrogen-bond acceptors (Lipinski definition) is 2. The molecule has 0 radical (unpaired) electrons. The van der Waals surface area contributed by atoms with Crippen LogP contribution in [-0.4, -0.2) is 23.9 Å². The number of amides is 1. The topological polar surface area (TPSA) is 33.5 Å². The molecule has 1 unspecified atom stereocenters. The van der Waals surface area contributed by atoms with Crippen molar-refractivity contribution in [2.75, 3.05) is 13.1 Å². The van der Waals surface area contributed by atoms with Gasteiger partial charge in [-0.15, -0.1) is 0 Å². The second-order valence-corrected chi connectivity index (χ2v) is 5.83. The Labute approximate surface area is 124 Å². The van der Waals surface area contributed by atoms with E-state index >= 15 is 0 Å². The van der Waals surface area contributed by atoms with E-state index in [-0.39, 0.29) is 11.8 Å². The lowest BCUT2D eigenvalue weighted by Gasteiger charge is -2.16. The molecule has 1 aliphatic heterocycles. The first-order valence-electron chi connectivity index (χ1n) is 6.42. The van der Waals surface area contributed by atoms with E-state index in [2.05, 4.69) is 15.9 Å². The third-order valence-corrected chi connectivity index (χ3v) is 3.99. The van der Waals surface area contributed by atoms with Crippen LogP contribution < -0.4 is 0 Å². The second kappa shape index (κ2) is 5.40. The smallest absolute Gasteiger partial charge is 0.254 e. The van der Waals surface area contributed by atoms with E-state index in [1.807, 2.05) is 12.1 Å². The van der Waals surface area contributed by atoms with E-state index in [1.165, 1.54) is 12.1 Å². The lowest BCUT2D eigenvalue weighted by molar-refractivity contribution is 0.0789. The van der Waals surface area contributed by atoms with Crippen LogP contribution in [0.25, 0.3) is 0 Å². The van der Waals surface area contributed by atoms with Gasteiger partial charge in [0.2, 0.25) is 0 Å². The Morgan fingerprint density at radius 1 is 1.40 bits per heavy atom. The minimum Gasteiger partial charge on any atom is -0.469 e. The van der Waals surface area contributed by atoms with Crippen molar-refractivity contribution >= 4 is 21.8 Å². The van der Waals surface area contributed by atoms with Crippen molar-refractivity contribution < 1.29 is 13.6 Å². The van der Waals surface area contributed by atoms with Crippen LogP contribution in [0, 0.1) is 5.82 Å². The first-order valence-corrected chi connectivity index (χ1v) is 7.21. The molecule has 0 spiro atoms. The van der Waals surface area contributed by atoms with Crippen LogP contribution in [0.1, 0.15) is 28.5 Å². The van der Waals surface area contributed by atoms with Crippen LogP contribution in [0.2, 0.25) is 0 Å². The number of rotatable bonds is 2. The van der Waals surface area contributed by atoms with Crippen LogP contribution in [0.5, 0.6) is 0 Å². The highest BCUT2D eigenvalue weighted by Gasteiger charge is 2.29. The highest BCUT2D eigenvalue weighted by atomic mass is 79.9. The Hall–Kier alpha value is -1.62. The van der Waals surface area contributed by atoms with Gasteiger partial charge in [-0.05, 0) is 36.8 Å². The van der Waals surface area contributed by atoms with E-state index in [0.717, 1.165) is 12.2 Å². The predicted molar refractivity (Wildman–Crippen MR) is 76.1 cm³/mol. The minimum absolute atomic E-state index is 0.140. The number of likely N-dealkylation sites (tertiary alicyclic amines) is 1. The summed E-state index contributed by atoms with van der Waals surface area (Å²) in [5.74, 6) is 0.579. The molecule has 2 aromatic rings. The number of halogens is 2. The summed E-state index contributed by atoms with van der Waals surface area (Å²) in [5.41, 5.74) is 0.372. The molecule has 3 rings (SSSR count). The van der Waals surface area contributed by atoms with Gasteiger partial charge in [0.1, 0.15) is 11.6 Å². The monoisotopic (exact) mass is 337 g/mol. The second-order valence-electron chi connectivity index (χ2n) is 4.91. The highest BCUT2D eigenvalue weighted by molar-refractivity contribution is 9.10. The van der Waals surface area contributed by atoms with E-state index in [1.54, 1.807) is 17.2 Å². The zero-order valence-corrected chi connectivity index (χ0v) is 12.3. The molecule has 5 heteroatoms. The maximum absolute atomic E-state index is 13.4. The van der Waals surface area contributed by atoms with Gasteiger partial charge in [-0.25, -0.2) is 4.39 Å². The lowest BCUT2D eigenvalue weighted by Crippen LogP contribution is -2.28. The third-order valence-electron chi connectivity index (χ3n) is 3.53. The molecule has 1 aliphatic rings. The number of carbonyl (C=O) groups excluding carboxylic acids is 1. The van der Waals surface area contributed by atoms with Crippen LogP contribution in [0.4, 0.5) is 4.39 Å². The van der Waals surface area contributed by atoms with Crippen molar-refractivity contribution in [3.05, 3.63) is 58.2 Å². The molecule has 1 amide bonds. The average Bonchev–Trinajstić information content (AvgIpc) is 3.07. The van der Waals surface area contributed by atoms with Gasteiger partial charge in [0, 0.05) is 29.0 Å². The normalized spacial score (nSPS) is 18.5. The maximum Gasteiger partial charge on any atom is 0.254 e. The lowest BCUT2D eigenvalue weighted by atomic mass is 10.1. The van der Waals surface area contributed by atoms with Crippen molar-refractivity contribution in [3.8, 4) is 0 Å². The molecule has 1 atom stereocenters. The molecule has 0 bridgehead atoms. The molecular formula is C15H13BrFNO2. The standard InChI is InChI=1S/C15H13BrFNO2/c16-12-6-11(7-13(17)8-12)15(19)18-4-3-10(9-18)14-2-1-5-20-14/h1-2,5-8,10H,3-4,9H2. The number of benzene rings is 1. The molecule has 104 valence electrons. The fourth-order valence-corrected chi connectivity index (χ4v) is 3.03. The fraction of sp³-hybridized carbons (Fsp3) is 0.267. The minimum atomic E-state index is -0.412. The molecule has 20 heavy (non-hydrogen) atoms. The molecule has 0 N–H and O–H groups in total. The van der Waals surface area contributed by atoms with Gasteiger partial charge in [0.15, 0.2) is 0 Å². The number of hydrogen-bond donors (Lipinski definition) is 0. The molecule has 0 saturated carbocycles. The molecule has 1 fully saturated rings. The Kier molecular flexibility index (Phi) is 3.61. The van der Waals surface area contributed by atoms with Gasteiger partial charge < -0.3 is 9.32 Å². The molecule has 1 saturated heterocycles. The Morgan fingerprint density at radius 3 is 2.95 bits per heavy atom. The van der Waals surface area contributed by atoms with Gasteiger partial charge >= 0.3 is 0 Å². The van der Waals surface area contributed by atoms with Crippen molar-refractivity contribution in [2.24, 2.45) is 0 Å². The summed E-state index contributed by atoms with van der Waals surface area (Å²) in [7, 11) is 0. The highest BCUT2D eigenvalue weighted by Crippen LogP contribution is 2.28. The Balaban J connectivity index is 1.75. The van der Waals surface area contributed by atoms with Crippen molar-refractivity contribution in [3.63, 3.8) is 0 Å². The Morgan fingerprint density at radius 2 is 2.25 bits per heavy atom. The summed E-state index contributed by atoms with van der Waals surface area (Å²) >= 11 is 3.21. The molecule has 1 aromatic carbocycles. The fourth-order valence-electron chi connectivity index (χ4n) is 2.56. The van der Waals surface area contributed by atoms with Crippen molar-refractivity contribution in [2.45, 2.75) is 12.3 Å². The molecule has 1 aromatic heterocycles. The zero-order chi connectivity index (χ0) is 14.1. The number of carbonyl (C=O) groups is 1. The first kappa shape index (κ1) is 13.4. The maximum atomic E-state index is 13.4. The van der Waals surface area contributed by atoms with Crippen molar-refractivity contribution in [1.82, 2.24) is 4.90 Å². The predicted octanol–water partition coefficient (Wildman–Crippen LogP) is 3.81. The molecular weight excluding hydrogens is 325 g/mol. The summed E-state index contributed by atoms with van der Waals surface area (Å²) in [6.07, 6.45) is 2.51. The van der Waals surface area contributed by atoms with Gasteiger partial charge in [-0.1, -0.05) is 15.9 Å². The summed E-state index contributed by atoms with van der Waals surface area (Å²) in [4.78, 5) is 14.1. The van der Waals surface area contributed by atoms with E-state index in [0.29, 0.717) is 23.1 Å². The zero-order valence-electron chi connectivity index (χ0n) is 10.7. The van der Waals surface area contributed by atoms with Crippen LogP contribution >= 0.6 is 15.9 Å². The van der Waals surface area contributed by atoms with Gasteiger partial charge in [0.05, 0.1) is 6.26 Å². The Bertz CT molecular complexity index is 607. The SMILES string of the molecule is O=C(c1cc(F)cc(Br)c1)N1CCC(c2ccco2)C1. The quantitative estimate of drug-likeness (QED) is 0.834. The largest absolute Gasteiger partial charge is 0.469 e. The van der Waals surface area contributed by atoms with E-state index in [4.69, 9.17) is 4.42 Å². The van der Waals surface area contributed by atoms with Gasteiger partial charge in [-0.3, -0.25) is 4.79 Å². The summed E-state index contributed by atoms with van der Waals surface area (Å²) < 4.78 is 19.3. The molecule has 3 nitrogen and oxygen atoms in total. The van der Waals surface area contributed by atoms with E-state index < -0.39 is 5.82 Å². The van der Waals surface area contributed by atoms with Crippen molar-refractivity contribution in [1.29, 1.82) is 0 Å². The number of nitrogens with zero attached hydrogens (tertiary/aromatic N) is 1. The summed E-state index contributed by atoms with van der Waals surface area (Å²) in [6.45, 7) is 1.28. The third kappa shape index (κ3) is 2.63. The van der Waals surface area contributed by atoms with Gasteiger partial charge in [0.25, 0.3) is 5.91 Å². The molecule has 2 heterocycles. The molecule has 0 aliphatic carbocycles. The van der Waals surface area contributed by atoms with Gasteiger partial charge in [-0.2, -0.15) is 0 Å². The average molecular weight is 338 g/mol. The summed E-state index contributed by atoms with van der Waals surface area (Å²) in [6, 6.07) is 8.03. The van der Waals surface area contributed by atoms with E-state index in [9.17, 15) is 9.18 Å². The van der Waals surface area contributed by atoms with Crippen LogP contribution in [0.3, 0.4) is 0 Å². The van der Waals surface area contributed by atoms with Crippen LogP contribution in [-0.2, 0) is 0 Å². The van der Waals surface area contributed by atoms with Crippen LogP contribution in [0.15, 0.2) is 45.5 Å². The number of furan rings is 1. The summed E-state index contributed by atoms with van der Waals surface area (Å²) in [5, 5.41) is 0.